The molecule has 2 amide bonds. The van der Waals surface area contributed by atoms with E-state index < -0.39 is 5.54 Å². The van der Waals surface area contributed by atoms with E-state index >= 15 is 0 Å². The zero-order valence-corrected chi connectivity index (χ0v) is 34.9. The molecule has 0 fully saturated rings. The maximum atomic E-state index is 13.2. The number of carbonyl (C=O) groups excluding carboxylic acids is 1. The zero-order valence-electron chi connectivity index (χ0n) is 34.1. The summed E-state index contributed by atoms with van der Waals surface area (Å²) in [5, 5.41) is 6.18. The Morgan fingerprint density at radius 2 is 1.53 bits per heavy atom. The van der Waals surface area contributed by atoms with Gasteiger partial charge in [-0.05, 0) is 125 Å². The summed E-state index contributed by atoms with van der Waals surface area (Å²) in [6.45, 7) is 18.7. The summed E-state index contributed by atoms with van der Waals surface area (Å²) in [5.41, 5.74) is 13.3. The van der Waals surface area contributed by atoms with Crippen molar-refractivity contribution in [1.29, 1.82) is 0 Å². The molecule has 5 nitrogen and oxygen atoms in total. The lowest BCUT2D eigenvalue weighted by Gasteiger charge is -2.27. The minimum absolute atomic E-state index is 0.248. The molecule has 0 aromatic heterocycles. The smallest absolute Gasteiger partial charge is 0.319 e. The lowest BCUT2D eigenvalue weighted by Crippen LogP contribution is -2.43. The molecule has 0 spiro atoms. The highest BCUT2D eigenvalue weighted by Crippen LogP contribution is 2.42. The second-order valence-electron chi connectivity index (χ2n) is 15.1. The molecule has 0 saturated carbocycles. The van der Waals surface area contributed by atoms with Gasteiger partial charge in [-0.3, -0.25) is 0 Å². The van der Waals surface area contributed by atoms with E-state index in [1.54, 1.807) is 11.8 Å². The van der Waals surface area contributed by atoms with Crippen molar-refractivity contribution in [3.8, 4) is 0 Å². The number of nitrogens with one attached hydrogen (secondary N) is 2. The van der Waals surface area contributed by atoms with E-state index in [-0.39, 0.29) is 6.03 Å². The predicted octanol–water partition coefficient (Wildman–Crippen LogP) is 12.9. The van der Waals surface area contributed by atoms with Crippen LogP contribution in [0.5, 0.6) is 0 Å². The molecule has 6 heteroatoms. The first-order chi connectivity index (χ1) is 26.2. The third-order valence-electron chi connectivity index (χ3n) is 10.4. The molecule has 0 saturated heterocycles. The quantitative estimate of drug-likeness (QED) is 0.112. The van der Waals surface area contributed by atoms with Gasteiger partial charge in [0, 0.05) is 58.5 Å². The van der Waals surface area contributed by atoms with Gasteiger partial charge in [0.2, 0.25) is 5.69 Å². The van der Waals surface area contributed by atoms with Gasteiger partial charge in [0.1, 0.15) is 7.05 Å². The minimum Gasteiger partial charge on any atom is -0.348 e. The van der Waals surface area contributed by atoms with Crippen LogP contribution < -0.4 is 15.5 Å². The van der Waals surface area contributed by atoms with Crippen LogP contribution >= 0.6 is 11.8 Å². The first kappa shape index (κ1) is 40.8. The molecular weight excluding hydrogens is 693 g/mol. The van der Waals surface area contributed by atoms with Crippen molar-refractivity contribution in [2.45, 2.75) is 78.2 Å². The van der Waals surface area contributed by atoms with Gasteiger partial charge >= 0.3 is 6.03 Å². The van der Waals surface area contributed by atoms with Crippen molar-refractivity contribution in [3.05, 3.63) is 172 Å². The Labute approximate surface area is 334 Å². The summed E-state index contributed by atoms with van der Waals surface area (Å²) in [6.07, 6.45) is 12.2. The number of hydrogen-bond donors (Lipinski definition) is 2. The van der Waals surface area contributed by atoms with Crippen molar-refractivity contribution >= 4 is 46.1 Å². The highest BCUT2D eigenvalue weighted by Gasteiger charge is 2.23. The number of para-hydroxylation sites is 2. The predicted molar refractivity (Wildman–Crippen MR) is 238 cm³/mol. The van der Waals surface area contributed by atoms with Crippen LogP contribution in [-0.4, -0.2) is 30.4 Å². The fourth-order valence-electron chi connectivity index (χ4n) is 6.69. The van der Waals surface area contributed by atoms with E-state index in [1.807, 2.05) is 57.2 Å². The number of rotatable bonds is 12. The minimum atomic E-state index is -0.556. The molecule has 4 aromatic rings. The Morgan fingerprint density at radius 3 is 2.18 bits per heavy atom. The van der Waals surface area contributed by atoms with Gasteiger partial charge in [0.15, 0.2) is 5.71 Å². The Bertz CT molecular complexity index is 2180. The maximum Gasteiger partial charge on any atom is 0.319 e. The largest absolute Gasteiger partial charge is 0.348 e. The molecule has 0 aliphatic heterocycles. The van der Waals surface area contributed by atoms with Gasteiger partial charge in [0.05, 0.1) is 5.54 Å². The van der Waals surface area contributed by atoms with Crippen molar-refractivity contribution in [2.75, 3.05) is 24.3 Å². The van der Waals surface area contributed by atoms with Gasteiger partial charge in [-0.2, -0.15) is 4.58 Å². The van der Waals surface area contributed by atoms with Crippen LogP contribution in [0.2, 0.25) is 0 Å². The lowest BCUT2D eigenvalue weighted by molar-refractivity contribution is -0.405. The van der Waals surface area contributed by atoms with Crippen LogP contribution in [0.25, 0.3) is 5.57 Å². The number of carbonyl (C=O) groups is 1. The molecule has 0 heterocycles. The molecule has 55 heavy (non-hydrogen) atoms. The SMILES string of the molecule is C=C(C)c1ccc(C(C)(C)NC(=O)Nc2ccc(SC3=C(/C=C/C(C)=[N+](\C)c4ccccc4C)CCC/C3=C\C=C(/C)N(C)c3ccccc3C)cc2)cc1. The lowest BCUT2D eigenvalue weighted by atomic mass is 9.93. The van der Waals surface area contributed by atoms with Gasteiger partial charge in [0.25, 0.3) is 0 Å². The second kappa shape index (κ2) is 18.3. The van der Waals surface area contributed by atoms with Crippen molar-refractivity contribution in [3.63, 3.8) is 0 Å². The fraction of sp³-hybridized carbons (Fsp3) is 0.265. The average molecular weight is 750 g/mol. The van der Waals surface area contributed by atoms with Crippen molar-refractivity contribution < 1.29 is 9.37 Å². The summed E-state index contributed by atoms with van der Waals surface area (Å²) in [5.74, 6) is 0. The third kappa shape index (κ3) is 10.7. The van der Waals surface area contributed by atoms with E-state index in [0.29, 0.717) is 0 Å². The summed E-state index contributed by atoms with van der Waals surface area (Å²) in [4.78, 5) is 17.8. The highest BCUT2D eigenvalue weighted by molar-refractivity contribution is 8.03. The Morgan fingerprint density at radius 1 is 0.873 bits per heavy atom. The zero-order chi connectivity index (χ0) is 39.7. The molecule has 0 radical (unpaired) electrons. The van der Waals surface area contributed by atoms with Crippen molar-refractivity contribution in [2.24, 2.45) is 0 Å². The number of aryl methyl sites for hydroxylation is 2. The summed E-state index contributed by atoms with van der Waals surface area (Å²) >= 11 is 1.80. The number of thioether (sulfide) groups is 1. The van der Waals surface area contributed by atoms with Gasteiger partial charge in [-0.15, -0.1) is 0 Å². The Kier molecular flexibility index (Phi) is 13.6. The van der Waals surface area contributed by atoms with E-state index in [9.17, 15) is 4.79 Å². The molecule has 284 valence electrons. The molecular formula is C49H57N4OS+. The standard InChI is InChI=1S/C49H56N4OS/c1-34(2)39-26-28-42(29-27-39)49(7,8)51-48(54)50-43-30-32-44(33-31-43)55-47-40(24-22-37(5)52(9)45-20-13-11-16-35(45)3)18-15-19-41(47)25-23-38(6)53(10)46-21-14-12-17-36(46)4/h11-14,16-17,20-33H,1,15,18-19H2,2-10H3,(H-,50,51,54)/p+1. The molecule has 4 aromatic carbocycles. The third-order valence-corrected chi connectivity index (χ3v) is 11.6. The topological polar surface area (TPSA) is 47.4 Å². The van der Waals surface area contributed by atoms with E-state index in [2.05, 4.69) is 153 Å². The highest BCUT2D eigenvalue weighted by atomic mass is 32.2. The van der Waals surface area contributed by atoms with Crippen LogP contribution in [0.15, 0.2) is 155 Å². The molecule has 5 rings (SSSR count). The van der Waals surface area contributed by atoms with Crippen LogP contribution in [0.1, 0.15) is 76.1 Å². The maximum absolute atomic E-state index is 13.2. The number of benzene rings is 4. The first-order valence-electron chi connectivity index (χ1n) is 19.1. The van der Waals surface area contributed by atoms with Crippen LogP contribution in [0, 0.1) is 13.8 Å². The van der Waals surface area contributed by atoms with Gasteiger partial charge < -0.3 is 15.5 Å². The Balaban J connectivity index is 1.40. The number of hydrogen-bond acceptors (Lipinski definition) is 3. The molecule has 0 unspecified atom stereocenters. The number of anilines is 2. The van der Waals surface area contributed by atoms with Crippen molar-refractivity contribution in [1.82, 2.24) is 5.32 Å². The fourth-order valence-corrected chi connectivity index (χ4v) is 7.80. The molecule has 2 N–H and O–H groups in total. The van der Waals surface area contributed by atoms with Crippen LogP contribution in [-0.2, 0) is 5.54 Å². The number of urea groups is 1. The van der Waals surface area contributed by atoms with Crippen LogP contribution in [0.4, 0.5) is 21.9 Å². The molecule has 0 atom stereocenters. The second-order valence-corrected chi connectivity index (χ2v) is 16.1. The molecule has 1 aliphatic rings. The average Bonchev–Trinajstić information content (AvgIpc) is 3.17. The molecule has 1 aliphatic carbocycles. The van der Waals surface area contributed by atoms with E-state index in [4.69, 9.17) is 0 Å². The number of amides is 2. The normalized spacial score (nSPS) is 14.9. The monoisotopic (exact) mass is 749 g/mol. The summed E-state index contributed by atoms with van der Waals surface area (Å²) in [7, 11) is 4.27. The number of nitrogens with zero attached hydrogens (tertiary/aromatic N) is 2. The number of allylic oxidation sites excluding steroid dienone is 8. The molecule has 0 bridgehead atoms. The van der Waals surface area contributed by atoms with Crippen LogP contribution in [0.3, 0.4) is 0 Å². The summed E-state index contributed by atoms with van der Waals surface area (Å²) < 4.78 is 2.26. The van der Waals surface area contributed by atoms with E-state index in [0.717, 1.165) is 46.5 Å². The van der Waals surface area contributed by atoms with E-state index in [1.165, 1.54) is 50.0 Å². The van der Waals surface area contributed by atoms with Gasteiger partial charge in [-0.1, -0.05) is 96.7 Å². The summed E-state index contributed by atoms with van der Waals surface area (Å²) in [6, 6.07) is 33.1. The Hall–Kier alpha value is -5.33. The first-order valence-corrected chi connectivity index (χ1v) is 19.9. The van der Waals surface area contributed by atoms with Gasteiger partial charge in [-0.25, -0.2) is 4.79 Å².